The smallest absolute Gasteiger partial charge is 0.00851 e. The molecule has 0 bridgehead atoms. The molecule has 0 aromatic carbocycles. The van der Waals surface area contributed by atoms with Crippen molar-refractivity contribution in [1.29, 1.82) is 0 Å². The number of allylic oxidation sites excluding steroid dienone is 4. The molecule has 0 nitrogen and oxygen atoms in total. The Hall–Kier alpha value is -0.520. The van der Waals surface area contributed by atoms with E-state index >= 15 is 0 Å². The van der Waals surface area contributed by atoms with E-state index in [9.17, 15) is 0 Å². The van der Waals surface area contributed by atoms with Gasteiger partial charge in [0, 0.05) is 0 Å². The zero-order chi connectivity index (χ0) is 21.2. The zero-order valence-corrected chi connectivity index (χ0v) is 20.8. The molecule has 0 aromatic rings. The molecule has 29 heavy (non-hydrogen) atoms. The van der Waals surface area contributed by atoms with Crippen molar-refractivity contribution in [1.82, 2.24) is 0 Å². The molecule has 4 aliphatic carbocycles. The second kappa shape index (κ2) is 9.32. The summed E-state index contributed by atoms with van der Waals surface area (Å²) in [6.07, 6.45) is 21.0. The molecule has 0 radical (unpaired) electrons. The number of hydrogen-bond donors (Lipinski definition) is 0. The van der Waals surface area contributed by atoms with E-state index in [2.05, 4.69) is 46.8 Å². The minimum atomic E-state index is 0.543. The van der Waals surface area contributed by atoms with Gasteiger partial charge in [0.15, 0.2) is 0 Å². The third-order valence-corrected chi connectivity index (χ3v) is 9.92. The first-order valence-corrected chi connectivity index (χ1v) is 13.3. The third kappa shape index (κ3) is 4.04. The van der Waals surface area contributed by atoms with Gasteiger partial charge in [-0.3, -0.25) is 0 Å². The van der Waals surface area contributed by atoms with E-state index in [1.807, 2.05) is 19.4 Å². The minimum Gasteiger partial charge on any atom is -0.0853 e. The average Bonchev–Trinajstić information content (AvgIpc) is 3.07. The van der Waals surface area contributed by atoms with Crippen molar-refractivity contribution < 1.29 is 0 Å². The van der Waals surface area contributed by atoms with Crippen molar-refractivity contribution in [3.05, 3.63) is 23.3 Å². The summed E-state index contributed by atoms with van der Waals surface area (Å²) in [6.45, 7) is 16.6. The van der Waals surface area contributed by atoms with E-state index in [0.29, 0.717) is 10.8 Å². The summed E-state index contributed by atoms with van der Waals surface area (Å²) < 4.78 is 0. The van der Waals surface area contributed by atoms with Crippen molar-refractivity contribution in [2.45, 2.75) is 119 Å². The van der Waals surface area contributed by atoms with Crippen molar-refractivity contribution in [2.24, 2.45) is 40.4 Å². The maximum atomic E-state index is 2.74. The third-order valence-electron chi connectivity index (χ3n) is 9.92. The topological polar surface area (TPSA) is 0 Å². The first-order chi connectivity index (χ1) is 13.9. The summed E-state index contributed by atoms with van der Waals surface area (Å²) in [7, 11) is 0. The normalized spacial score (nSPS) is 44.0. The molecule has 0 heteroatoms. The van der Waals surface area contributed by atoms with Gasteiger partial charge in [0.05, 0.1) is 0 Å². The lowest BCUT2D eigenvalue weighted by atomic mass is 9.47. The van der Waals surface area contributed by atoms with Gasteiger partial charge in [-0.15, -0.1) is 0 Å². The summed E-state index contributed by atoms with van der Waals surface area (Å²) in [5.41, 5.74) is 4.71. The van der Waals surface area contributed by atoms with Crippen LogP contribution in [0.5, 0.6) is 0 Å². The van der Waals surface area contributed by atoms with Gasteiger partial charge >= 0.3 is 0 Å². The molecule has 0 aromatic heterocycles. The molecule has 3 fully saturated rings. The lowest BCUT2D eigenvalue weighted by Crippen LogP contribution is -2.50. The Kier molecular flexibility index (Phi) is 7.44. The summed E-state index contributed by atoms with van der Waals surface area (Å²) in [4.78, 5) is 0. The molecule has 4 rings (SSSR count). The monoisotopic (exact) mass is 398 g/mol. The van der Waals surface area contributed by atoms with Crippen molar-refractivity contribution in [2.75, 3.05) is 0 Å². The molecule has 166 valence electrons. The molecular formula is C29H50. The fourth-order valence-corrected chi connectivity index (χ4v) is 8.27. The highest BCUT2D eigenvalue weighted by molar-refractivity contribution is 5.26. The standard InChI is InChI=1S/C27H44.C2H6/c1-6-7-8-9-20(3)23-12-13-24-22-11-10-21-18-19(2)14-16-26(21,4)25(22)15-17-27(23,24)5;1-2/h9-10,19,22-25H,6-8,11-18H2,1-5H3;1-2H3/b20-9+;. The molecule has 0 spiro atoms. The van der Waals surface area contributed by atoms with Gasteiger partial charge < -0.3 is 0 Å². The number of hydrogen-bond acceptors (Lipinski definition) is 0. The van der Waals surface area contributed by atoms with Gasteiger partial charge in [-0.1, -0.05) is 77.7 Å². The molecule has 0 amide bonds. The number of fused-ring (bicyclic) bond motifs is 5. The van der Waals surface area contributed by atoms with E-state index in [0.717, 1.165) is 29.6 Å². The number of unbranched alkanes of at least 4 members (excludes halogenated alkanes) is 2. The minimum absolute atomic E-state index is 0.543. The maximum Gasteiger partial charge on any atom is -0.00851 e. The van der Waals surface area contributed by atoms with Gasteiger partial charge in [0.1, 0.15) is 0 Å². The van der Waals surface area contributed by atoms with Gasteiger partial charge in [0.2, 0.25) is 0 Å². The van der Waals surface area contributed by atoms with E-state index in [1.54, 1.807) is 5.57 Å². The molecule has 3 saturated carbocycles. The highest BCUT2D eigenvalue weighted by Gasteiger charge is 2.58. The SMILES string of the molecule is CC.CCCC/C=C(\C)C1CCC2C3CC=C4CC(C)CCC4(C)C3CCC12C. The second-order valence-electron chi connectivity index (χ2n) is 11.4. The van der Waals surface area contributed by atoms with E-state index in [4.69, 9.17) is 0 Å². The van der Waals surface area contributed by atoms with Crippen LogP contribution in [0, 0.1) is 40.4 Å². The Morgan fingerprint density at radius 3 is 2.55 bits per heavy atom. The van der Waals surface area contributed by atoms with Crippen LogP contribution in [0.25, 0.3) is 0 Å². The second-order valence-corrected chi connectivity index (χ2v) is 11.4. The quantitative estimate of drug-likeness (QED) is 0.327. The predicted octanol–water partition coefficient (Wildman–Crippen LogP) is 9.36. The Labute approximate surface area is 183 Å². The first-order valence-electron chi connectivity index (χ1n) is 13.3. The average molecular weight is 399 g/mol. The predicted molar refractivity (Wildman–Crippen MR) is 129 cm³/mol. The van der Waals surface area contributed by atoms with E-state index in [-0.39, 0.29) is 0 Å². The van der Waals surface area contributed by atoms with Crippen molar-refractivity contribution >= 4 is 0 Å². The molecule has 0 saturated heterocycles. The summed E-state index contributed by atoms with van der Waals surface area (Å²) in [5.74, 6) is 4.71. The van der Waals surface area contributed by atoms with E-state index < -0.39 is 0 Å². The lowest BCUT2D eigenvalue weighted by molar-refractivity contribution is -0.0389. The fraction of sp³-hybridized carbons (Fsp3) is 0.862. The van der Waals surface area contributed by atoms with Crippen LogP contribution in [0.4, 0.5) is 0 Å². The van der Waals surface area contributed by atoms with Crippen LogP contribution in [0.1, 0.15) is 119 Å². The fourth-order valence-electron chi connectivity index (χ4n) is 8.27. The summed E-state index contributed by atoms with van der Waals surface area (Å²) in [5, 5.41) is 0. The van der Waals surface area contributed by atoms with Crippen molar-refractivity contribution in [3.8, 4) is 0 Å². The van der Waals surface area contributed by atoms with E-state index in [1.165, 1.54) is 70.6 Å². The summed E-state index contributed by atoms with van der Waals surface area (Å²) in [6, 6.07) is 0. The highest BCUT2D eigenvalue weighted by atomic mass is 14.6. The molecule has 4 aliphatic rings. The van der Waals surface area contributed by atoms with Crippen LogP contribution in [0.15, 0.2) is 23.3 Å². The molecule has 0 N–H and O–H groups in total. The molecule has 7 atom stereocenters. The Balaban J connectivity index is 0.00000117. The molecular weight excluding hydrogens is 348 g/mol. The van der Waals surface area contributed by atoms with Crippen LogP contribution >= 0.6 is 0 Å². The van der Waals surface area contributed by atoms with Crippen LogP contribution in [-0.2, 0) is 0 Å². The molecule has 0 heterocycles. The Morgan fingerprint density at radius 2 is 1.83 bits per heavy atom. The van der Waals surface area contributed by atoms with Gasteiger partial charge in [-0.25, -0.2) is 0 Å². The summed E-state index contributed by atoms with van der Waals surface area (Å²) >= 11 is 0. The lowest BCUT2D eigenvalue weighted by Gasteiger charge is -2.58. The Bertz CT molecular complexity index is 610. The van der Waals surface area contributed by atoms with Crippen LogP contribution < -0.4 is 0 Å². The Morgan fingerprint density at radius 1 is 1.07 bits per heavy atom. The zero-order valence-electron chi connectivity index (χ0n) is 20.8. The maximum absolute atomic E-state index is 2.74. The van der Waals surface area contributed by atoms with Gasteiger partial charge in [0.25, 0.3) is 0 Å². The largest absolute Gasteiger partial charge is 0.0853 e. The highest BCUT2D eigenvalue weighted by Crippen LogP contribution is 2.67. The number of rotatable bonds is 4. The molecule has 0 aliphatic heterocycles. The van der Waals surface area contributed by atoms with Gasteiger partial charge in [-0.05, 0) is 105 Å². The van der Waals surface area contributed by atoms with Crippen molar-refractivity contribution in [3.63, 3.8) is 0 Å². The first kappa shape index (κ1) is 23.1. The van der Waals surface area contributed by atoms with Crippen LogP contribution in [-0.4, -0.2) is 0 Å². The van der Waals surface area contributed by atoms with Crippen LogP contribution in [0.2, 0.25) is 0 Å². The molecule has 7 unspecified atom stereocenters. The van der Waals surface area contributed by atoms with Crippen LogP contribution in [0.3, 0.4) is 0 Å². The van der Waals surface area contributed by atoms with Gasteiger partial charge in [-0.2, -0.15) is 0 Å².